The standard InChI is InChI=1S/C20H35NO2.C2H4O2.H3N/c1-13-4-5-16-18(23)17(7-10-19(13,16)2)20(3)9-6-15(22)12-14(20)8-11-21;1-2(3)4;/h14-18,22-23H,1,4-12,21H2,2-3H3;1H3,(H,3,4);1H3/t14-,15-,16?,17?,18+,19-,20-;;/m0../s1. The molecule has 3 rings (SSSR count). The fourth-order valence-electron chi connectivity index (χ4n) is 6.27. The second kappa shape index (κ2) is 9.70. The molecule has 0 aromatic carbocycles. The highest BCUT2D eigenvalue weighted by atomic mass is 16.4. The van der Waals surface area contributed by atoms with Gasteiger partial charge < -0.3 is 32.0 Å². The zero-order chi connectivity index (χ0) is 20.4. The fraction of sp³-hybridized carbons (Fsp3) is 0.864. The highest BCUT2D eigenvalue weighted by Gasteiger charge is 2.56. The van der Waals surface area contributed by atoms with Gasteiger partial charge in [0.15, 0.2) is 0 Å². The van der Waals surface area contributed by atoms with Crippen molar-refractivity contribution in [1.29, 1.82) is 0 Å². The largest absolute Gasteiger partial charge is 0.550 e. The Hall–Kier alpha value is -0.950. The molecule has 3 aliphatic carbocycles. The molecule has 0 radical (unpaired) electrons. The number of nitrogens with two attached hydrogens (primary N) is 1. The van der Waals surface area contributed by atoms with Gasteiger partial charge in [-0.25, -0.2) is 0 Å². The maximum absolute atomic E-state index is 11.3. The molecule has 164 valence electrons. The van der Waals surface area contributed by atoms with Gasteiger partial charge >= 0.3 is 0 Å². The van der Waals surface area contributed by atoms with Crippen LogP contribution in [-0.2, 0) is 4.79 Å². The number of hydrogen-bond donors (Lipinski definition) is 4. The molecule has 8 N–H and O–H groups in total. The number of aliphatic hydroxyl groups is 2. The Balaban J connectivity index is 0.000000717. The van der Waals surface area contributed by atoms with Gasteiger partial charge in [-0.2, -0.15) is 0 Å². The van der Waals surface area contributed by atoms with E-state index in [0.717, 1.165) is 58.3 Å². The van der Waals surface area contributed by atoms with Gasteiger partial charge in [-0.15, -0.1) is 0 Å². The summed E-state index contributed by atoms with van der Waals surface area (Å²) in [6.45, 7) is 10.6. The van der Waals surface area contributed by atoms with E-state index >= 15 is 0 Å². The Morgan fingerprint density at radius 1 is 1.21 bits per heavy atom. The molecule has 28 heavy (non-hydrogen) atoms. The van der Waals surface area contributed by atoms with Gasteiger partial charge in [0.2, 0.25) is 0 Å². The summed E-state index contributed by atoms with van der Waals surface area (Å²) in [5.74, 6) is 0.0661. The summed E-state index contributed by atoms with van der Waals surface area (Å²) in [5, 5.41) is 30.3. The third-order valence-electron chi connectivity index (χ3n) is 8.05. The number of aliphatic hydroxyl groups excluding tert-OH is 2. The van der Waals surface area contributed by atoms with Crippen LogP contribution >= 0.6 is 0 Å². The molecular weight excluding hydrogens is 356 g/mol. The number of aliphatic carboxylic acids is 1. The minimum Gasteiger partial charge on any atom is -0.550 e. The van der Waals surface area contributed by atoms with E-state index in [0.29, 0.717) is 24.3 Å². The van der Waals surface area contributed by atoms with Crippen LogP contribution in [-0.4, -0.2) is 34.9 Å². The molecule has 3 aliphatic rings. The molecule has 0 aromatic heterocycles. The SMILES string of the molecule is C=C1CCC2[C@@H](O)C([C@@]3(C)CC[C@H](O)C[C@@H]3CCN)CC[C@@]12C.CC(=O)[O-].[NH4+]. The lowest BCUT2D eigenvalue weighted by Crippen LogP contribution is -2.53. The van der Waals surface area contributed by atoms with Crippen molar-refractivity contribution < 1.29 is 20.1 Å². The van der Waals surface area contributed by atoms with E-state index in [1.807, 2.05) is 0 Å². The molecule has 6 heteroatoms. The molecule has 0 aliphatic heterocycles. The highest BCUT2D eigenvalue weighted by molar-refractivity contribution is 5.60. The summed E-state index contributed by atoms with van der Waals surface area (Å²) in [6.07, 6.45) is 7.70. The Bertz CT molecular complexity index is 551. The second-order valence-electron chi connectivity index (χ2n) is 9.50. The lowest BCUT2D eigenvalue weighted by atomic mass is 9.51. The maximum atomic E-state index is 11.3. The fourth-order valence-corrected chi connectivity index (χ4v) is 6.27. The summed E-state index contributed by atoms with van der Waals surface area (Å²) >= 11 is 0. The van der Waals surface area contributed by atoms with E-state index < -0.39 is 5.97 Å². The minimum atomic E-state index is -1.08. The molecular formula is C22H42N2O4. The first-order valence-corrected chi connectivity index (χ1v) is 10.5. The van der Waals surface area contributed by atoms with E-state index in [-0.39, 0.29) is 29.2 Å². The van der Waals surface area contributed by atoms with Crippen LogP contribution in [0.5, 0.6) is 0 Å². The van der Waals surface area contributed by atoms with Crippen molar-refractivity contribution >= 4 is 5.97 Å². The highest BCUT2D eigenvalue weighted by Crippen LogP contribution is 2.61. The van der Waals surface area contributed by atoms with Gasteiger partial charge in [-0.05, 0) is 93.4 Å². The average Bonchev–Trinajstić information content (AvgIpc) is 2.87. The monoisotopic (exact) mass is 398 g/mol. The Kier molecular flexibility index (Phi) is 8.69. The number of carboxylic acid groups (broad SMARTS) is 1. The number of hydrogen-bond acceptors (Lipinski definition) is 5. The summed E-state index contributed by atoms with van der Waals surface area (Å²) < 4.78 is 0. The van der Waals surface area contributed by atoms with Gasteiger partial charge in [0.25, 0.3) is 0 Å². The average molecular weight is 399 g/mol. The predicted octanol–water partition coefficient (Wildman–Crippen LogP) is 2.38. The van der Waals surface area contributed by atoms with Crippen LogP contribution in [0.3, 0.4) is 0 Å². The summed E-state index contributed by atoms with van der Waals surface area (Å²) in [4.78, 5) is 8.89. The third-order valence-corrected chi connectivity index (χ3v) is 8.05. The van der Waals surface area contributed by atoms with Crippen molar-refractivity contribution in [2.24, 2.45) is 34.3 Å². The van der Waals surface area contributed by atoms with Crippen LogP contribution in [0, 0.1) is 28.6 Å². The lowest BCUT2D eigenvalue weighted by molar-refractivity contribution is -0.302. The molecule has 0 saturated heterocycles. The molecule has 3 saturated carbocycles. The van der Waals surface area contributed by atoms with E-state index in [4.69, 9.17) is 15.6 Å². The van der Waals surface area contributed by atoms with E-state index in [1.165, 1.54) is 5.57 Å². The molecule has 0 spiro atoms. The van der Waals surface area contributed by atoms with Crippen LogP contribution in [0.25, 0.3) is 0 Å². The number of carbonyl (C=O) groups is 1. The van der Waals surface area contributed by atoms with Gasteiger partial charge in [-0.3, -0.25) is 0 Å². The van der Waals surface area contributed by atoms with Crippen LogP contribution in [0.1, 0.15) is 72.1 Å². The molecule has 0 bridgehead atoms. The van der Waals surface area contributed by atoms with E-state index in [2.05, 4.69) is 20.4 Å². The molecule has 6 nitrogen and oxygen atoms in total. The summed E-state index contributed by atoms with van der Waals surface area (Å²) in [6, 6.07) is 0. The van der Waals surface area contributed by atoms with Gasteiger partial charge in [-0.1, -0.05) is 26.0 Å². The topological polar surface area (TPSA) is 143 Å². The first kappa shape index (κ1) is 25.1. The van der Waals surface area contributed by atoms with Crippen LogP contribution in [0.2, 0.25) is 0 Å². The summed E-state index contributed by atoms with van der Waals surface area (Å²) in [5.41, 5.74) is 7.47. The van der Waals surface area contributed by atoms with Crippen molar-refractivity contribution in [2.45, 2.75) is 84.3 Å². The molecule has 2 unspecified atom stereocenters. The molecule has 0 heterocycles. The number of quaternary nitrogens is 1. The Morgan fingerprint density at radius 2 is 1.82 bits per heavy atom. The van der Waals surface area contributed by atoms with Crippen LogP contribution < -0.4 is 17.0 Å². The van der Waals surface area contributed by atoms with Gasteiger partial charge in [0.05, 0.1) is 12.2 Å². The van der Waals surface area contributed by atoms with E-state index in [1.54, 1.807) is 0 Å². The van der Waals surface area contributed by atoms with E-state index in [9.17, 15) is 10.2 Å². The third kappa shape index (κ3) is 4.78. The first-order chi connectivity index (χ1) is 12.6. The minimum absolute atomic E-state index is 0. The first-order valence-electron chi connectivity index (χ1n) is 10.5. The molecule has 7 atom stereocenters. The molecule has 3 fully saturated rings. The van der Waals surface area contributed by atoms with Crippen molar-refractivity contribution in [3.05, 3.63) is 12.2 Å². The molecule has 0 amide bonds. The van der Waals surface area contributed by atoms with Crippen molar-refractivity contribution in [3.63, 3.8) is 0 Å². The van der Waals surface area contributed by atoms with Gasteiger partial charge in [0.1, 0.15) is 0 Å². The summed E-state index contributed by atoms with van der Waals surface area (Å²) in [7, 11) is 0. The number of rotatable bonds is 3. The Labute approximate surface area is 170 Å². The number of allylic oxidation sites excluding steroid dienone is 1. The smallest absolute Gasteiger partial charge is 0.0610 e. The van der Waals surface area contributed by atoms with Crippen LogP contribution in [0.15, 0.2) is 12.2 Å². The lowest BCUT2D eigenvalue weighted by Gasteiger charge is -2.55. The second-order valence-corrected chi connectivity index (χ2v) is 9.50. The van der Waals surface area contributed by atoms with Crippen LogP contribution in [0.4, 0.5) is 0 Å². The van der Waals surface area contributed by atoms with Crippen molar-refractivity contribution in [3.8, 4) is 0 Å². The van der Waals surface area contributed by atoms with Crippen molar-refractivity contribution in [1.82, 2.24) is 6.15 Å². The normalized spacial score (nSPS) is 42.6. The predicted molar refractivity (Wildman–Crippen MR) is 110 cm³/mol. The van der Waals surface area contributed by atoms with Gasteiger partial charge in [0, 0.05) is 5.97 Å². The maximum Gasteiger partial charge on any atom is 0.0610 e. The quantitative estimate of drug-likeness (QED) is 0.540. The Morgan fingerprint density at radius 3 is 2.39 bits per heavy atom. The zero-order valence-corrected chi connectivity index (χ0v) is 18.2. The number of fused-ring (bicyclic) bond motifs is 1. The zero-order valence-electron chi connectivity index (χ0n) is 18.2. The number of carbonyl (C=O) groups excluding carboxylic acids is 1. The number of carboxylic acids is 1. The molecule has 0 aromatic rings. The van der Waals surface area contributed by atoms with Crippen molar-refractivity contribution in [2.75, 3.05) is 6.54 Å².